The molecule has 0 N–H and O–H groups in total. The standard InChI is InChI=1S/C20H26N6O/c1-24(2)19-16-7-11-26(13-17(16)22-14-23-19)20(27)18(25-9-3-4-10-25)15-6-5-8-21-12-15/h5-6,8,12,14,18H,3-4,7,9-11,13H2,1-2H3/t18-/m1/s1. The van der Waals surface area contributed by atoms with Gasteiger partial charge in [-0.1, -0.05) is 6.07 Å². The van der Waals surface area contributed by atoms with Crippen LogP contribution in [0.1, 0.15) is 35.7 Å². The zero-order valence-electron chi connectivity index (χ0n) is 16.0. The Balaban J connectivity index is 1.60. The van der Waals surface area contributed by atoms with Gasteiger partial charge in [-0.15, -0.1) is 0 Å². The predicted octanol–water partition coefficient (Wildman–Crippen LogP) is 1.66. The third-order valence-corrected chi connectivity index (χ3v) is 5.46. The molecule has 0 bridgehead atoms. The van der Waals surface area contributed by atoms with Crippen LogP contribution in [0.15, 0.2) is 30.9 Å². The summed E-state index contributed by atoms with van der Waals surface area (Å²) in [6.45, 7) is 3.16. The lowest BCUT2D eigenvalue weighted by Crippen LogP contribution is -2.44. The van der Waals surface area contributed by atoms with Gasteiger partial charge in [0.15, 0.2) is 0 Å². The Kier molecular flexibility index (Phi) is 5.03. The average molecular weight is 366 g/mol. The maximum Gasteiger partial charge on any atom is 0.244 e. The highest BCUT2D eigenvalue weighted by molar-refractivity contribution is 5.83. The fourth-order valence-electron chi connectivity index (χ4n) is 4.13. The van der Waals surface area contributed by atoms with E-state index in [0.717, 1.165) is 55.0 Å². The lowest BCUT2D eigenvalue weighted by Gasteiger charge is -2.35. The van der Waals surface area contributed by atoms with E-state index in [1.165, 1.54) is 0 Å². The first kappa shape index (κ1) is 17.9. The van der Waals surface area contributed by atoms with Crippen LogP contribution in [0.4, 0.5) is 5.82 Å². The molecule has 0 spiro atoms. The first-order chi connectivity index (χ1) is 13.1. The number of pyridine rings is 1. The molecule has 0 saturated carbocycles. The minimum Gasteiger partial charge on any atom is -0.362 e. The molecule has 2 aliphatic rings. The van der Waals surface area contributed by atoms with Gasteiger partial charge in [-0.2, -0.15) is 0 Å². The molecule has 1 saturated heterocycles. The number of fused-ring (bicyclic) bond motifs is 1. The van der Waals surface area contributed by atoms with Crippen LogP contribution in [0, 0.1) is 0 Å². The van der Waals surface area contributed by atoms with Gasteiger partial charge in [0.1, 0.15) is 18.2 Å². The van der Waals surface area contributed by atoms with Crippen molar-refractivity contribution in [3.63, 3.8) is 0 Å². The largest absolute Gasteiger partial charge is 0.362 e. The van der Waals surface area contributed by atoms with Crippen LogP contribution in [0.3, 0.4) is 0 Å². The first-order valence-electron chi connectivity index (χ1n) is 9.58. The van der Waals surface area contributed by atoms with Crippen molar-refractivity contribution < 1.29 is 4.79 Å². The third-order valence-electron chi connectivity index (χ3n) is 5.46. The number of nitrogens with zero attached hydrogens (tertiary/aromatic N) is 6. The first-order valence-corrected chi connectivity index (χ1v) is 9.58. The molecule has 27 heavy (non-hydrogen) atoms. The highest BCUT2D eigenvalue weighted by Crippen LogP contribution is 2.30. The van der Waals surface area contributed by atoms with Gasteiger partial charge in [-0.3, -0.25) is 14.7 Å². The molecule has 1 atom stereocenters. The van der Waals surface area contributed by atoms with E-state index >= 15 is 0 Å². The van der Waals surface area contributed by atoms with E-state index in [-0.39, 0.29) is 11.9 Å². The normalized spacial score (nSPS) is 18.2. The zero-order valence-corrected chi connectivity index (χ0v) is 16.0. The molecule has 0 radical (unpaired) electrons. The van der Waals surface area contributed by atoms with E-state index in [1.807, 2.05) is 42.2 Å². The zero-order chi connectivity index (χ0) is 18.8. The van der Waals surface area contributed by atoms with E-state index in [1.54, 1.807) is 12.5 Å². The van der Waals surface area contributed by atoms with E-state index < -0.39 is 0 Å². The highest BCUT2D eigenvalue weighted by Gasteiger charge is 2.35. The van der Waals surface area contributed by atoms with Gasteiger partial charge in [-0.05, 0) is 44.0 Å². The fraction of sp³-hybridized carbons (Fsp3) is 0.500. The maximum absolute atomic E-state index is 13.5. The highest BCUT2D eigenvalue weighted by atomic mass is 16.2. The number of aromatic nitrogens is 3. The molecule has 4 heterocycles. The van der Waals surface area contributed by atoms with Crippen molar-refractivity contribution in [2.24, 2.45) is 0 Å². The lowest BCUT2D eigenvalue weighted by atomic mass is 10.0. The topological polar surface area (TPSA) is 65.5 Å². The molecule has 1 amide bonds. The van der Waals surface area contributed by atoms with Gasteiger partial charge in [0.25, 0.3) is 0 Å². The van der Waals surface area contributed by atoms with Gasteiger partial charge < -0.3 is 9.80 Å². The summed E-state index contributed by atoms with van der Waals surface area (Å²) < 4.78 is 0. The number of carbonyl (C=O) groups excluding carboxylic acids is 1. The van der Waals surface area contributed by atoms with Crippen LogP contribution in [-0.2, 0) is 17.8 Å². The van der Waals surface area contributed by atoms with Crippen LogP contribution in [0.2, 0.25) is 0 Å². The summed E-state index contributed by atoms with van der Waals surface area (Å²) in [4.78, 5) is 32.9. The molecule has 0 aliphatic carbocycles. The molecule has 2 aromatic heterocycles. The van der Waals surface area contributed by atoms with Crippen LogP contribution in [0.5, 0.6) is 0 Å². The van der Waals surface area contributed by atoms with Gasteiger partial charge in [0.2, 0.25) is 5.91 Å². The molecule has 2 aliphatic heterocycles. The summed E-state index contributed by atoms with van der Waals surface area (Å²) in [5, 5.41) is 0. The SMILES string of the molecule is CN(C)c1ncnc2c1CCN(C(=O)[C@@H](c1cccnc1)N1CCCC1)C2. The minimum atomic E-state index is -0.252. The van der Waals surface area contributed by atoms with Crippen LogP contribution in [-0.4, -0.2) is 64.4 Å². The predicted molar refractivity (Wildman–Crippen MR) is 103 cm³/mol. The number of hydrogen-bond acceptors (Lipinski definition) is 6. The quantitative estimate of drug-likeness (QED) is 0.820. The number of hydrogen-bond donors (Lipinski definition) is 0. The summed E-state index contributed by atoms with van der Waals surface area (Å²) in [6, 6.07) is 3.67. The number of amides is 1. The minimum absolute atomic E-state index is 0.153. The van der Waals surface area contributed by atoms with Crippen LogP contribution in [0.25, 0.3) is 0 Å². The molecule has 2 aromatic rings. The van der Waals surface area contributed by atoms with Crippen molar-refractivity contribution in [1.82, 2.24) is 24.8 Å². The molecule has 4 rings (SSSR count). The summed E-state index contributed by atoms with van der Waals surface area (Å²) in [5.41, 5.74) is 3.09. The second kappa shape index (κ2) is 7.60. The number of rotatable bonds is 4. The molecule has 0 unspecified atom stereocenters. The van der Waals surface area contributed by atoms with Crippen LogP contribution >= 0.6 is 0 Å². The number of carbonyl (C=O) groups is 1. The Hall–Kier alpha value is -2.54. The Morgan fingerprint density at radius 3 is 2.70 bits per heavy atom. The monoisotopic (exact) mass is 366 g/mol. The van der Waals surface area contributed by atoms with Crippen molar-refractivity contribution >= 4 is 11.7 Å². The second-order valence-electron chi connectivity index (χ2n) is 7.46. The number of likely N-dealkylation sites (tertiary alicyclic amines) is 1. The molecular formula is C20H26N6O. The summed E-state index contributed by atoms with van der Waals surface area (Å²) in [6.07, 6.45) is 8.26. The smallest absolute Gasteiger partial charge is 0.244 e. The number of anilines is 1. The summed E-state index contributed by atoms with van der Waals surface area (Å²) >= 11 is 0. The van der Waals surface area contributed by atoms with Gasteiger partial charge in [0, 0.05) is 38.6 Å². The molecule has 7 heteroatoms. The van der Waals surface area contributed by atoms with Crippen molar-refractivity contribution in [1.29, 1.82) is 0 Å². The van der Waals surface area contributed by atoms with Gasteiger partial charge in [-0.25, -0.2) is 9.97 Å². The van der Waals surface area contributed by atoms with Crippen molar-refractivity contribution in [3.05, 3.63) is 47.7 Å². The van der Waals surface area contributed by atoms with Gasteiger partial charge in [0.05, 0.1) is 12.2 Å². The molecule has 0 aromatic carbocycles. The second-order valence-corrected chi connectivity index (χ2v) is 7.46. The average Bonchev–Trinajstić information content (AvgIpc) is 3.22. The van der Waals surface area contributed by atoms with Crippen molar-refractivity contribution in [2.75, 3.05) is 38.6 Å². The lowest BCUT2D eigenvalue weighted by molar-refractivity contribution is -0.138. The van der Waals surface area contributed by atoms with E-state index in [4.69, 9.17) is 0 Å². The summed E-state index contributed by atoms with van der Waals surface area (Å²) in [5.74, 6) is 1.11. The summed E-state index contributed by atoms with van der Waals surface area (Å²) in [7, 11) is 3.98. The van der Waals surface area contributed by atoms with E-state index in [0.29, 0.717) is 13.1 Å². The van der Waals surface area contributed by atoms with Gasteiger partial charge >= 0.3 is 0 Å². The Labute approximate surface area is 160 Å². The van der Waals surface area contributed by atoms with E-state index in [9.17, 15) is 4.79 Å². The molecule has 1 fully saturated rings. The van der Waals surface area contributed by atoms with Crippen molar-refractivity contribution in [3.8, 4) is 0 Å². The Bertz CT molecular complexity index is 803. The van der Waals surface area contributed by atoms with E-state index in [2.05, 4.69) is 19.9 Å². The molecular weight excluding hydrogens is 340 g/mol. The van der Waals surface area contributed by atoms with Crippen LogP contribution < -0.4 is 4.90 Å². The molecule has 142 valence electrons. The fourth-order valence-corrected chi connectivity index (χ4v) is 4.13. The molecule has 7 nitrogen and oxygen atoms in total. The maximum atomic E-state index is 13.5. The Morgan fingerprint density at radius 1 is 1.19 bits per heavy atom. The van der Waals surface area contributed by atoms with Crippen molar-refractivity contribution in [2.45, 2.75) is 31.8 Å². The third kappa shape index (κ3) is 3.51. The Morgan fingerprint density at radius 2 is 2.00 bits per heavy atom.